The van der Waals surface area contributed by atoms with Gasteiger partial charge in [-0.3, -0.25) is 4.79 Å². The number of carbonyl (C=O) groups is 1. The van der Waals surface area contributed by atoms with Crippen molar-refractivity contribution in [2.75, 3.05) is 6.61 Å². The van der Waals surface area contributed by atoms with Crippen LogP contribution in [-0.2, 0) is 11.2 Å². The van der Waals surface area contributed by atoms with Gasteiger partial charge >= 0.3 is 0 Å². The van der Waals surface area contributed by atoms with Crippen LogP contribution in [0.4, 0.5) is 0 Å². The lowest BCUT2D eigenvalue weighted by Gasteiger charge is -2.30. The van der Waals surface area contributed by atoms with Crippen molar-refractivity contribution in [3.05, 3.63) is 29.8 Å². The Balaban J connectivity index is 1.56. The number of carbonyl (C=O) groups excluding carboxylic acids is 1. The molecular formula is C16H22N2O2. The first-order valence-electron chi connectivity index (χ1n) is 7.49. The number of nitrogens with two attached hydrogens (primary N) is 1. The molecule has 3 rings (SSSR count). The van der Waals surface area contributed by atoms with Crippen LogP contribution in [-0.4, -0.2) is 24.6 Å². The molecule has 1 aliphatic heterocycles. The summed E-state index contributed by atoms with van der Waals surface area (Å²) in [4.78, 5) is 12.3. The molecule has 0 saturated heterocycles. The van der Waals surface area contributed by atoms with E-state index in [9.17, 15) is 4.79 Å². The topological polar surface area (TPSA) is 64.3 Å². The van der Waals surface area contributed by atoms with Crippen molar-refractivity contribution >= 4 is 5.91 Å². The van der Waals surface area contributed by atoms with Gasteiger partial charge in [-0.15, -0.1) is 0 Å². The zero-order valence-corrected chi connectivity index (χ0v) is 11.7. The van der Waals surface area contributed by atoms with E-state index >= 15 is 0 Å². The highest BCUT2D eigenvalue weighted by molar-refractivity contribution is 5.79. The minimum atomic E-state index is -0.0690. The number of nitrogens with one attached hydrogen (secondary N) is 1. The number of ether oxygens (including phenoxy) is 1. The maximum Gasteiger partial charge on any atom is 0.227 e. The first-order chi connectivity index (χ1) is 9.72. The van der Waals surface area contributed by atoms with Crippen molar-refractivity contribution in [3.63, 3.8) is 0 Å². The molecule has 1 fully saturated rings. The normalized spacial score (nSPS) is 29.1. The quantitative estimate of drug-likeness (QED) is 0.861. The minimum Gasteiger partial charge on any atom is -0.492 e. The predicted molar refractivity (Wildman–Crippen MR) is 77.5 cm³/mol. The van der Waals surface area contributed by atoms with Crippen LogP contribution in [0.1, 0.15) is 31.2 Å². The summed E-state index contributed by atoms with van der Waals surface area (Å²) in [5.74, 6) is 0.973. The Morgan fingerprint density at radius 1 is 1.20 bits per heavy atom. The average Bonchev–Trinajstić information content (AvgIpc) is 2.49. The van der Waals surface area contributed by atoms with Crippen molar-refractivity contribution in [3.8, 4) is 5.75 Å². The second-order valence-electron chi connectivity index (χ2n) is 5.94. The third-order valence-corrected chi connectivity index (χ3v) is 4.37. The van der Waals surface area contributed by atoms with Gasteiger partial charge in [-0.25, -0.2) is 0 Å². The zero-order chi connectivity index (χ0) is 13.9. The van der Waals surface area contributed by atoms with E-state index in [1.165, 1.54) is 0 Å². The Morgan fingerprint density at radius 2 is 1.95 bits per heavy atom. The van der Waals surface area contributed by atoms with Crippen molar-refractivity contribution in [1.82, 2.24) is 5.32 Å². The maximum atomic E-state index is 12.3. The summed E-state index contributed by atoms with van der Waals surface area (Å²) in [6, 6.07) is 8.56. The lowest BCUT2D eigenvalue weighted by atomic mass is 9.90. The Morgan fingerprint density at radius 3 is 2.75 bits per heavy atom. The summed E-state index contributed by atoms with van der Waals surface area (Å²) >= 11 is 0. The fraction of sp³-hybridized carbons (Fsp3) is 0.562. The summed E-state index contributed by atoms with van der Waals surface area (Å²) in [6.07, 6.45) is 4.78. The summed E-state index contributed by atoms with van der Waals surface area (Å²) in [5.41, 5.74) is 7.02. The van der Waals surface area contributed by atoms with Crippen molar-refractivity contribution in [1.29, 1.82) is 0 Å². The lowest BCUT2D eigenvalue weighted by Crippen LogP contribution is -2.45. The minimum absolute atomic E-state index is 0.0690. The predicted octanol–water partition coefficient (Wildman–Crippen LogP) is 1.62. The number of hydrogen-bond acceptors (Lipinski definition) is 3. The fourth-order valence-corrected chi connectivity index (χ4v) is 3.08. The molecule has 20 heavy (non-hydrogen) atoms. The molecule has 0 radical (unpaired) electrons. The molecule has 0 aromatic heterocycles. The van der Waals surface area contributed by atoms with E-state index in [4.69, 9.17) is 10.5 Å². The third-order valence-electron chi connectivity index (χ3n) is 4.37. The van der Waals surface area contributed by atoms with Gasteiger partial charge in [-0.05, 0) is 43.7 Å². The number of amides is 1. The van der Waals surface area contributed by atoms with Crippen molar-refractivity contribution in [2.45, 2.75) is 44.2 Å². The van der Waals surface area contributed by atoms with Crippen molar-refractivity contribution < 1.29 is 9.53 Å². The molecule has 1 atom stereocenters. The lowest BCUT2D eigenvalue weighted by molar-refractivity contribution is -0.127. The highest BCUT2D eigenvalue weighted by atomic mass is 16.5. The van der Waals surface area contributed by atoms with Gasteiger partial charge in [-0.2, -0.15) is 0 Å². The highest BCUT2D eigenvalue weighted by Crippen LogP contribution is 2.27. The SMILES string of the molecule is NC1CCC(NC(=O)C2COc3ccccc3C2)CC1. The van der Waals surface area contributed by atoms with E-state index in [1.54, 1.807) is 0 Å². The van der Waals surface area contributed by atoms with E-state index < -0.39 is 0 Å². The molecule has 4 nitrogen and oxygen atoms in total. The van der Waals surface area contributed by atoms with E-state index in [0.717, 1.165) is 43.4 Å². The molecule has 0 spiro atoms. The molecule has 3 N–H and O–H groups in total. The van der Waals surface area contributed by atoms with Gasteiger partial charge in [0.1, 0.15) is 12.4 Å². The summed E-state index contributed by atoms with van der Waals surface area (Å²) in [7, 11) is 0. The van der Waals surface area contributed by atoms with Crippen LogP contribution in [0.3, 0.4) is 0 Å². The molecule has 1 saturated carbocycles. The standard InChI is InChI=1S/C16H22N2O2/c17-13-5-7-14(8-6-13)18-16(19)12-9-11-3-1-2-4-15(11)20-10-12/h1-4,12-14H,5-10,17H2,(H,18,19). The number of para-hydroxylation sites is 1. The molecule has 0 bridgehead atoms. The molecule has 1 unspecified atom stereocenters. The van der Waals surface area contributed by atoms with Crippen LogP contribution in [0, 0.1) is 5.92 Å². The molecular weight excluding hydrogens is 252 g/mol. The van der Waals surface area contributed by atoms with E-state index in [0.29, 0.717) is 18.7 Å². The summed E-state index contributed by atoms with van der Waals surface area (Å²) < 4.78 is 5.68. The highest BCUT2D eigenvalue weighted by Gasteiger charge is 2.28. The zero-order valence-electron chi connectivity index (χ0n) is 11.7. The molecule has 1 aromatic rings. The Hall–Kier alpha value is -1.55. The number of fused-ring (bicyclic) bond motifs is 1. The Bertz CT molecular complexity index is 481. The maximum absolute atomic E-state index is 12.3. The molecule has 4 heteroatoms. The molecule has 1 amide bonds. The van der Waals surface area contributed by atoms with Crippen molar-refractivity contribution in [2.24, 2.45) is 11.7 Å². The summed E-state index contributed by atoms with van der Waals surface area (Å²) in [5, 5.41) is 3.17. The van der Waals surface area contributed by atoms with Crippen LogP contribution in [0.2, 0.25) is 0 Å². The molecule has 1 aromatic carbocycles. The average molecular weight is 274 g/mol. The molecule has 1 heterocycles. The second-order valence-corrected chi connectivity index (χ2v) is 5.94. The van der Waals surface area contributed by atoms with Gasteiger partial charge in [0.05, 0.1) is 5.92 Å². The van der Waals surface area contributed by atoms with Crippen LogP contribution in [0.25, 0.3) is 0 Å². The van der Waals surface area contributed by atoms with Gasteiger partial charge in [0, 0.05) is 12.1 Å². The molecule has 2 aliphatic rings. The fourth-order valence-electron chi connectivity index (χ4n) is 3.08. The number of hydrogen-bond donors (Lipinski definition) is 2. The van der Waals surface area contributed by atoms with Crippen LogP contribution in [0.5, 0.6) is 5.75 Å². The Kier molecular flexibility index (Phi) is 3.92. The Labute approximate surface area is 119 Å². The van der Waals surface area contributed by atoms with Crippen LogP contribution >= 0.6 is 0 Å². The smallest absolute Gasteiger partial charge is 0.227 e. The van der Waals surface area contributed by atoms with Crippen LogP contribution < -0.4 is 15.8 Å². The van der Waals surface area contributed by atoms with E-state index in [1.807, 2.05) is 24.3 Å². The third kappa shape index (κ3) is 2.96. The monoisotopic (exact) mass is 274 g/mol. The molecule has 108 valence electrons. The van der Waals surface area contributed by atoms with E-state index in [2.05, 4.69) is 5.32 Å². The van der Waals surface area contributed by atoms with Gasteiger partial charge in [-0.1, -0.05) is 18.2 Å². The number of rotatable bonds is 2. The van der Waals surface area contributed by atoms with Gasteiger partial charge in [0.2, 0.25) is 5.91 Å². The summed E-state index contributed by atoms with van der Waals surface area (Å²) in [6.45, 7) is 0.481. The number of benzene rings is 1. The largest absolute Gasteiger partial charge is 0.492 e. The molecule has 1 aliphatic carbocycles. The van der Waals surface area contributed by atoms with Gasteiger partial charge in [0.25, 0.3) is 0 Å². The first kappa shape index (κ1) is 13.4. The van der Waals surface area contributed by atoms with Crippen LogP contribution in [0.15, 0.2) is 24.3 Å². The van der Waals surface area contributed by atoms with E-state index in [-0.39, 0.29) is 11.8 Å². The second kappa shape index (κ2) is 5.83. The van der Waals surface area contributed by atoms with Gasteiger partial charge < -0.3 is 15.8 Å². The first-order valence-corrected chi connectivity index (χ1v) is 7.49. The van der Waals surface area contributed by atoms with Gasteiger partial charge in [0.15, 0.2) is 0 Å².